The molecular formula is C19H27ClN4O4. The van der Waals surface area contributed by atoms with Crippen LogP contribution in [0.4, 0.5) is 5.69 Å². The number of halogens is 1. The second-order valence-electron chi connectivity index (χ2n) is 7.16. The van der Waals surface area contributed by atoms with Crippen LogP contribution in [0.15, 0.2) is 24.3 Å². The Bertz CT molecular complexity index is 688. The van der Waals surface area contributed by atoms with Crippen LogP contribution in [0.2, 0.25) is 5.02 Å². The van der Waals surface area contributed by atoms with E-state index in [4.69, 9.17) is 11.6 Å². The van der Waals surface area contributed by atoms with Crippen molar-refractivity contribution in [3.05, 3.63) is 29.3 Å². The molecule has 1 atom stereocenters. The Morgan fingerprint density at radius 1 is 1.11 bits per heavy atom. The van der Waals surface area contributed by atoms with Crippen LogP contribution in [-0.2, 0) is 14.4 Å². The van der Waals surface area contributed by atoms with E-state index in [-0.39, 0.29) is 18.2 Å². The summed E-state index contributed by atoms with van der Waals surface area (Å²) >= 11 is 5.82. The molecule has 2 N–H and O–H groups in total. The molecule has 28 heavy (non-hydrogen) atoms. The van der Waals surface area contributed by atoms with Crippen LogP contribution in [-0.4, -0.2) is 91.0 Å². The van der Waals surface area contributed by atoms with Crippen molar-refractivity contribution in [3.63, 3.8) is 0 Å². The minimum absolute atomic E-state index is 0.0516. The van der Waals surface area contributed by atoms with E-state index in [2.05, 4.69) is 10.2 Å². The van der Waals surface area contributed by atoms with E-state index in [0.717, 1.165) is 0 Å². The highest BCUT2D eigenvalue weighted by atomic mass is 35.5. The molecule has 1 aromatic rings. The minimum atomic E-state index is -0.989. The summed E-state index contributed by atoms with van der Waals surface area (Å²) in [6.45, 7) is 3.41. The number of piperazine rings is 1. The van der Waals surface area contributed by atoms with E-state index in [1.165, 1.54) is 0 Å². The normalized spacial score (nSPS) is 16.4. The van der Waals surface area contributed by atoms with Crippen molar-refractivity contribution >= 4 is 35.1 Å². The molecule has 1 aliphatic heterocycles. The molecule has 0 aliphatic carbocycles. The molecule has 2 amide bonds. The molecule has 1 aliphatic rings. The van der Waals surface area contributed by atoms with Gasteiger partial charge in [0.05, 0.1) is 12.5 Å². The van der Waals surface area contributed by atoms with Crippen LogP contribution >= 0.6 is 11.6 Å². The van der Waals surface area contributed by atoms with Gasteiger partial charge in [0.15, 0.2) is 0 Å². The van der Waals surface area contributed by atoms with Crippen molar-refractivity contribution in [1.82, 2.24) is 14.7 Å². The van der Waals surface area contributed by atoms with Gasteiger partial charge < -0.3 is 15.3 Å². The van der Waals surface area contributed by atoms with Gasteiger partial charge in [0.1, 0.15) is 0 Å². The van der Waals surface area contributed by atoms with Crippen LogP contribution in [0, 0.1) is 5.92 Å². The highest BCUT2D eigenvalue weighted by molar-refractivity contribution is 6.30. The molecule has 0 saturated carbocycles. The lowest BCUT2D eigenvalue weighted by Gasteiger charge is -2.35. The fraction of sp³-hybridized carbons (Fsp3) is 0.526. The highest BCUT2D eigenvalue weighted by Crippen LogP contribution is 2.15. The summed E-state index contributed by atoms with van der Waals surface area (Å²) in [4.78, 5) is 41.3. The first-order valence-electron chi connectivity index (χ1n) is 9.17. The first-order chi connectivity index (χ1) is 13.2. The summed E-state index contributed by atoms with van der Waals surface area (Å²) in [7, 11) is 3.45. The molecule has 2 rings (SSSR count). The number of hydrogen-bond donors (Lipinski definition) is 2. The number of nitrogens with zero attached hydrogens (tertiary/aromatic N) is 3. The summed E-state index contributed by atoms with van der Waals surface area (Å²) in [5.74, 6) is -2.07. The fourth-order valence-electron chi connectivity index (χ4n) is 2.97. The van der Waals surface area contributed by atoms with E-state index < -0.39 is 11.9 Å². The number of carbonyl (C=O) groups is 3. The fourth-order valence-corrected chi connectivity index (χ4v) is 3.10. The molecule has 0 spiro atoms. The molecule has 0 aromatic heterocycles. The number of benzene rings is 1. The number of carboxylic acids is 1. The summed E-state index contributed by atoms with van der Waals surface area (Å²) in [6, 6.07) is 6.66. The van der Waals surface area contributed by atoms with Crippen molar-refractivity contribution in [2.75, 3.05) is 58.7 Å². The minimum Gasteiger partial charge on any atom is -0.481 e. The van der Waals surface area contributed by atoms with Gasteiger partial charge in [0, 0.05) is 63.9 Å². The molecule has 154 valence electrons. The highest BCUT2D eigenvalue weighted by Gasteiger charge is 2.27. The van der Waals surface area contributed by atoms with Gasteiger partial charge in [0.2, 0.25) is 11.8 Å². The molecule has 1 aromatic carbocycles. The Hall–Kier alpha value is -2.16. The lowest BCUT2D eigenvalue weighted by molar-refractivity contribution is -0.144. The number of amides is 2. The lowest BCUT2D eigenvalue weighted by Crippen LogP contribution is -2.50. The largest absolute Gasteiger partial charge is 0.481 e. The summed E-state index contributed by atoms with van der Waals surface area (Å²) in [5, 5.41) is 12.8. The van der Waals surface area contributed by atoms with Crippen molar-refractivity contribution in [1.29, 1.82) is 0 Å². The average molecular weight is 411 g/mol. The van der Waals surface area contributed by atoms with Gasteiger partial charge in [0.25, 0.3) is 0 Å². The first-order valence-corrected chi connectivity index (χ1v) is 9.55. The zero-order chi connectivity index (χ0) is 20.7. The predicted molar refractivity (Wildman–Crippen MR) is 107 cm³/mol. The predicted octanol–water partition coefficient (Wildman–Crippen LogP) is 1.08. The molecule has 0 radical (unpaired) electrons. The number of nitrogens with one attached hydrogen (secondary N) is 1. The SMILES string of the molecule is CN(C)C(=O)CN1CCN(C[C@@H](CC(=O)Nc2ccc(Cl)cc2)C(=O)O)CC1. The Morgan fingerprint density at radius 3 is 2.21 bits per heavy atom. The number of anilines is 1. The number of hydrogen-bond acceptors (Lipinski definition) is 5. The topological polar surface area (TPSA) is 93.2 Å². The van der Waals surface area contributed by atoms with Gasteiger partial charge in [-0.1, -0.05) is 11.6 Å². The first kappa shape index (κ1) is 22.1. The Morgan fingerprint density at radius 2 is 1.68 bits per heavy atom. The van der Waals surface area contributed by atoms with Crippen LogP contribution in [0.1, 0.15) is 6.42 Å². The van der Waals surface area contributed by atoms with Crippen molar-refractivity contribution in [2.45, 2.75) is 6.42 Å². The van der Waals surface area contributed by atoms with Gasteiger partial charge in [-0.15, -0.1) is 0 Å². The monoisotopic (exact) mass is 410 g/mol. The van der Waals surface area contributed by atoms with Gasteiger partial charge in [-0.2, -0.15) is 0 Å². The van der Waals surface area contributed by atoms with Crippen molar-refractivity contribution in [3.8, 4) is 0 Å². The lowest BCUT2D eigenvalue weighted by atomic mass is 10.0. The van der Waals surface area contributed by atoms with E-state index in [0.29, 0.717) is 50.0 Å². The maximum Gasteiger partial charge on any atom is 0.308 e. The quantitative estimate of drug-likeness (QED) is 0.666. The van der Waals surface area contributed by atoms with Crippen LogP contribution in [0.5, 0.6) is 0 Å². The maximum absolute atomic E-state index is 12.2. The van der Waals surface area contributed by atoms with Gasteiger partial charge in [-0.3, -0.25) is 24.2 Å². The third kappa shape index (κ3) is 7.10. The summed E-state index contributed by atoms with van der Waals surface area (Å²) in [6.07, 6.45) is -0.0999. The van der Waals surface area contributed by atoms with Crippen LogP contribution in [0.3, 0.4) is 0 Å². The Kier molecular flexibility index (Phi) is 8.22. The smallest absolute Gasteiger partial charge is 0.308 e. The van der Waals surface area contributed by atoms with Crippen molar-refractivity contribution in [2.24, 2.45) is 5.92 Å². The second-order valence-corrected chi connectivity index (χ2v) is 7.60. The molecule has 1 fully saturated rings. The number of carbonyl (C=O) groups excluding carboxylic acids is 2. The molecule has 9 heteroatoms. The molecule has 0 unspecified atom stereocenters. The molecule has 1 heterocycles. The van der Waals surface area contributed by atoms with Crippen molar-refractivity contribution < 1.29 is 19.5 Å². The van der Waals surface area contributed by atoms with E-state index in [9.17, 15) is 19.5 Å². The standard InChI is InChI=1S/C19H27ClN4O4/c1-22(2)18(26)13-24-9-7-23(8-10-24)12-14(19(27)28)11-17(25)21-16-5-3-15(20)4-6-16/h3-6,14H,7-13H2,1-2H3,(H,21,25)(H,27,28)/t14-/m1/s1. The third-order valence-electron chi connectivity index (χ3n) is 4.71. The molecule has 8 nitrogen and oxygen atoms in total. The van der Waals surface area contributed by atoms with Crippen LogP contribution in [0.25, 0.3) is 0 Å². The number of aliphatic carboxylic acids is 1. The summed E-state index contributed by atoms with van der Waals surface area (Å²) in [5.41, 5.74) is 0.581. The molecule has 0 bridgehead atoms. The van der Waals surface area contributed by atoms with E-state index in [1.807, 2.05) is 4.90 Å². The van der Waals surface area contributed by atoms with Gasteiger partial charge in [-0.25, -0.2) is 0 Å². The second kappa shape index (κ2) is 10.4. The zero-order valence-corrected chi connectivity index (χ0v) is 17.0. The molecule has 1 saturated heterocycles. The number of carboxylic acid groups (broad SMARTS) is 1. The Balaban J connectivity index is 1.81. The average Bonchev–Trinajstić information content (AvgIpc) is 2.64. The number of likely N-dealkylation sites (N-methyl/N-ethyl adjacent to an activating group) is 1. The van der Waals surface area contributed by atoms with Gasteiger partial charge >= 0.3 is 5.97 Å². The van der Waals surface area contributed by atoms with E-state index in [1.54, 1.807) is 43.3 Å². The third-order valence-corrected chi connectivity index (χ3v) is 4.96. The summed E-state index contributed by atoms with van der Waals surface area (Å²) < 4.78 is 0. The maximum atomic E-state index is 12.2. The van der Waals surface area contributed by atoms with Crippen LogP contribution < -0.4 is 5.32 Å². The Labute approximate surface area is 170 Å². The zero-order valence-electron chi connectivity index (χ0n) is 16.2. The number of rotatable bonds is 8. The molecular weight excluding hydrogens is 384 g/mol. The van der Waals surface area contributed by atoms with E-state index >= 15 is 0 Å². The van der Waals surface area contributed by atoms with Gasteiger partial charge in [-0.05, 0) is 24.3 Å².